The van der Waals surface area contributed by atoms with Gasteiger partial charge < -0.3 is 14.5 Å². The number of aromatic nitrogens is 1. The maximum atomic E-state index is 12.5. The standard InChI is InChI=1S/C22H22N2O4/c1-13-10-18(20-16-7-5-8-17(16)22(26)28-19(20)11-13)27-14(2)21(25)24-12-15-6-3-4-9-23-15/h3-4,6,9-11,14H,5,7-8,12H2,1-2H3,(H,24,25). The first-order valence-corrected chi connectivity index (χ1v) is 9.46. The maximum absolute atomic E-state index is 12.5. The van der Waals surface area contributed by atoms with E-state index in [1.807, 2.05) is 37.3 Å². The number of ether oxygens (including phenoxy) is 1. The molecule has 6 heteroatoms. The van der Waals surface area contributed by atoms with E-state index in [0.29, 0.717) is 17.9 Å². The summed E-state index contributed by atoms with van der Waals surface area (Å²) in [6.45, 7) is 3.96. The minimum Gasteiger partial charge on any atom is -0.480 e. The summed E-state index contributed by atoms with van der Waals surface area (Å²) in [4.78, 5) is 28.9. The number of carbonyl (C=O) groups is 1. The number of benzene rings is 1. The summed E-state index contributed by atoms with van der Waals surface area (Å²) in [5.41, 5.74) is 3.66. The number of pyridine rings is 1. The number of fused-ring (bicyclic) bond motifs is 3. The molecule has 3 aromatic rings. The van der Waals surface area contributed by atoms with Gasteiger partial charge in [0.05, 0.1) is 17.6 Å². The SMILES string of the molecule is Cc1cc(OC(C)C(=O)NCc2ccccn2)c2c3c(c(=O)oc2c1)CCC3. The minimum absolute atomic E-state index is 0.227. The molecule has 1 amide bonds. The highest BCUT2D eigenvalue weighted by Crippen LogP contribution is 2.35. The van der Waals surface area contributed by atoms with Crippen LogP contribution >= 0.6 is 0 Å². The molecule has 1 unspecified atom stereocenters. The first-order chi connectivity index (χ1) is 13.5. The third-order valence-corrected chi connectivity index (χ3v) is 5.02. The Hall–Kier alpha value is -3.15. The van der Waals surface area contributed by atoms with Crippen LogP contribution in [0.5, 0.6) is 5.75 Å². The third kappa shape index (κ3) is 3.50. The van der Waals surface area contributed by atoms with Crippen LogP contribution in [0.4, 0.5) is 0 Å². The molecule has 0 aliphatic heterocycles. The number of hydrogen-bond donors (Lipinski definition) is 1. The largest absolute Gasteiger partial charge is 0.480 e. The van der Waals surface area contributed by atoms with Crippen LogP contribution in [0.3, 0.4) is 0 Å². The number of nitrogens with zero attached hydrogens (tertiary/aromatic N) is 1. The summed E-state index contributed by atoms with van der Waals surface area (Å²) >= 11 is 0. The molecule has 6 nitrogen and oxygen atoms in total. The van der Waals surface area contributed by atoms with Gasteiger partial charge in [-0.25, -0.2) is 4.79 Å². The monoisotopic (exact) mass is 378 g/mol. The molecule has 28 heavy (non-hydrogen) atoms. The normalized spacial score (nSPS) is 13.9. The van der Waals surface area contributed by atoms with Crippen LogP contribution in [-0.4, -0.2) is 17.0 Å². The van der Waals surface area contributed by atoms with E-state index < -0.39 is 6.10 Å². The average Bonchev–Trinajstić information content (AvgIpc) is 3.16. The smallest absolute Gasteiger partial charge is 0.339 e. The number of amides is 1. The molecule has 1 aliphatic carbocycles. The van der Waals surface area contributed by atoms with Crippen molar-refractivity contribution >= 4 is 16.9 Å². The molecule has 1 N–H and O–H groups in total. The molecule has 2 aromatic heterocycles. The van der Waals surface area contributed by atoms with E-state index in [0.717, 1.165) is 47.0 Å². The molecular formula is C22H22N2O4. The number of rotatable bonds is 5. The Morgan fingerprint density at radius 1 is 1.29 bits per heavy atom. The van der Waals surface area contributed by atoms with Crippen molar-refractivity contribution in [2.45, 2.75) is 45.8 Å². The molecule has 144 valence electrons. The number of aryl methyl sites for hydroxylation is 2. The summed E-state index contributed by atoms with van der Waals surface area (Å²) in [5, 5.41) is 3.65. The quantitative estimate of drug-likeness (QED) is 0.690. The predicted molar refractivity (Wildman–Crippen MR) is 105 cm³/mol. The summed E-state index contributed by atoms with van der Waals surface area (Å²) < 4.78 is 11.6. The lowest BCUT2D eigenvalue weighted by Crippen LogP contribution is -2.36. The molecule has 1 aliphatic rings. The summed E-state index contributed by atoms with van der Waals surface area (Å²) in [6, 6.07) is 9.29. The zero-order chi connectivity index (χ0) is 19.7. The lowest BCUT2D eigenvalue weighted by atomic mass is 10.0. The molecule has 0 radical (unpaired) electrons. The Balaban J connectivity index is 1.59. The molecule has 4 rings (SSSR count). The Kier molecular flexibility index (Phi) is 4.86. The van der Waals surface area contributed by atoms with Gasteiger partial charge in [-0.05, 0) is 68.5 Å². The number of hydrogen-bond acceptors (Lipinski definition) is 5. The molecule has 1 aromatic carbocycles. The zero-order valence-electron chi connectivity index (χ0n) is 16.0. The van der Waals surface area contributed by atoms with Crippen LogP contribution in [-0.2, 0) is 24.2 Å². The lowest BCUT2D eigenvalue weighted by Gasteiger charge is -2.17. The maximum Gasteiger partial charge on any atom is 0.339 e. The van der Waals surface area contributed by atoms with Crippen molar-refractivity contribution in [3.05, 3.63) is 69.3 Å². The number of nitrogens with one attached hydrogen (secondary N) is 1. The van der Waals surface area contributed by atoms with Crippen molar-refractivity contribution < 1.29 is 13.9 Å². The van der Waals surface area contributed by atoms with E-state index in [2.05, 4.69) is 10.3 Å². The van der Waals surface area contributed by atoms with Crippen LogP contribution in [0.15, 0.2) is 45.7 Å². The van der Waals surface area contributed by atoms with E-state index in [1.54, 1.807) is 13.1 Å². The second-order valence-corrected chi connectivity index (χ2v) is 7.14. The van der Waals surface area contributed by atoms with Gasteiger partial charge in [-0.2, -0.15) is 0 Å². The van der Waals surface area contributed by atoms with Crippen molar-refractivity contribution in [1.82, 2.24) is 10.3 Å². The molecule has 1 atom stereocenters. The van der Waals surface area contributed by atoms with Gasteiger partial charge in [0.1, 0.15) is 11.3 Å². The van der Waals surface area contributed by atoms with Crippen molar-refractivity contribution in [2.75, 3.05) is 0 Å². The zero-order valence-corrected chi connectivity index (χ0v) is 16.0. The fourth-order valence-corrected chi connectivity index (χ4v) is 3.67. The first kappa shape index (κ1) is 18.2. The fraction of sp³-hybridized carbons (Fsp3) is 0.318. The Labute approximate surface area is 162 Å². The highest BCUT2D eigenvalue weighted by atomic mass is 16.5. The van der Waals surface area contributed by atoms with Crippen LogP contribution < -0.4 is 15.7 Å². The van der Waals surface area contributed by atoms with Gasteiger partial charge in [-0.1, -0.05) is 6.07 Å². The van der Waals surface area contributed by atoms with Gasteiger partial charge in [0.2, 0.25) is 0 Å². The Morgan fingerprint density at radius 3 is 2.89 bits per heavy atom. The van der Waals surface area contributed by atoms with E-state index in [-0.39, 0.29) is 11.5 Å². The topological polar surface area (TPSA) is 81.4 Å². The van der Waals surface area contributed by atoms with Crippen molar-refractivity contribution in [1.29, 1.82) is 0 Å². The molecule has 0 saturated heterocycles. The van der Waals surface area contributed by atoms with Crippen molar-refractivity contribution in [3.8, 4) is 5.75 Å². The highest BCUT2D eigenvalue weighted by molar-refractivity contribution is 5.89. The lowest BCUT2D eigenvalue weighted by molar-refractivity contribution is -0.127. The minimum atomic E-state index is -0.697. The van der Waals surface area contributed by atoms with Crippen LogP contribution in [0.2, 0.25) is 0 Å². The van der Waals surface area contributed by atoms with Crippen LogP contribution in [0.1, 0.15) is 35.7 Å². The van der Waals surface area contributed by atoms with E-state index in [9.17, 15) is 9.59 Å². The molecule has 0 spiro atoms. The summed E-state index contributed by atoms with van der Waals surface area (Å²) in [7, 11) is 0. The fourth-order valence-electron chi connectivity index (χ4n) is 3.67. The first-order valence-electron chi connectivity index (χ1n) is 9.46. The Morgan fingerprint density at radius 2 is 2.11 bits per heavy atom. The molecule has 0 bridgehead atoms. The highest BCUT2D eigenvalue weighted by Gasteiger charge is 2.24. The average molecular weight is 378 g/mol. The van der Waals surface area contributed by atoms with Gasteiger partial charge in [0, 0.05) is 11.8 Å². The molecular weight excluding hydrogens is 356 g/mol. The van der Waals surface area contributed by atoms with Gasteiger partial charge in [0.15, 0.2) is 6.10 Å². The van der Waals surface area contributed by atoms with E-state index in [4.69, 9.17) is 9.15 Å². The summed E-state index contributed by atoms with van der Waals surface area (Å²) in [5.74, 6) is 0.353. The third-order valence-electron chi connectivity index (χ3n) is 5.02. The predicted octanol–water partition coefficient (Wildman–Crippen LogP) is 3.07. The number of carbonyl (C=O) groups excluding carboxylic acids is 1. The van der Waals surface area contributed by atoms with Gasteiger partial charge in [0.25, 0.3) is 5.91 Å². The van der Waals surface area contributed by atoms with Crippen molar-refractivity contribution in [3.63, 3.8) is 0 Å². The second-order valence-electron chi connectivity index (χ2n) is 7.14. The van der Waals surface area contributed by atoms with Gasteiger partial charge >= 0.3 is 5.63 Å². The van der Waals surface area contributed by atoms with Gasteiger partial charge in [-0.3, -0.25) is 9.78 Å². The molecule has 0 fully saturated rings. The van der Waals surface area contributed by atoms with Crippen LogP contribution in [0, 0.1) is 6.92 Å². The summed E-state index contributed by atoms with van der Waals surface area (Å²) in [6.07, 6.45) is 3.46. The Bertz CT molecular complexity index is 1090. The van der Waals surface area contributed by atoms with Gasteiger partial charge in [-0.15, -0.1) is 0 Å². The van der Waals surface area contributed by atoms with E-state index in [1.165, 1.54) is 0 Å². The van der Waals surface area contributed by atoms with Crippen molar-refractivity contribution in [2.24, 2.45) is 0 Å². The second kappa shape index (κ2) is 7.46. The molecule has 0 saturated carbocycles. The molecule has 2 heterocycles. The van der Waals surface area contributed by atoms with E-state index >= 15 is 0 Å². The van der Waals surface area contributed by atoms with Crippen LogP contribution in [0.25, 0.3) is 11.0 Å².